The van der Waals surface area contributed by atoms with Gasteiger partial charge in [0.25, 0.3) is 0 Å². The van der Waals surface area contributed by atoms with Gasteiger partial charge in [-0.25, -0.2) is 0 Å². The fraction of sp³-hybridized carbons (Fsp3) is 0.0769. The minimum absolute atomic E-state index is 0.664. The number of nitrogens with one attached hydrogen (secondary N) is 1. The van der Waals surface area contributed by atoms with Gasteiger partial charge in [0.05, 0.1) is 0 Å². The summed E-state index contributed by atoms with van der Waals surface area (Å²) >= 11 is 14.2. The van der Waals surface area contributed by atoms with E-state index >= 15 is 0 Å². The molecule has 2 rings (SSSR count). The molecule has 4 heteroatoms. The first kappa shape index (κ1) is 13.0. The standard InChI is InChI=1S/C13H10Cl2IN/c14-10-4-9(5-11(15)6-10)8-17-13-3-1-2-12(16)7-13/h1-7,17H,8H2. The molecule has 0 fully saturated rings. The van der Waals surface area contributed by atoms with Gasteiger partial charge in [-0.05, 0) is 64.6 Å². The van der Waals surface area contributed by atoms with E-state index in [0.29, 0.717) is 16.6 Å². The molecule has 0 spiro atoms. The molecule has 0 aromatic heterocycles. The summed E-state index contributed by atoms with van der Waals surface area (Å²) in [7, 11) is 0. The highest BCUT2D eigenvalue weighted by Gasteiger charge is 1.99. The molecular formula is C13H10Cl2IN. The summed E-state index contributed by atoms with van der Waals surface area (Å²) in [6.07, 6.45) is 0. The van der Waals surface area contributed by atoms with Crippen LogP contribution >= 0.6 is 45.8 Å². The zero-order valence-electron chi connectivity index (χ0n) is 8.88. The van der Waals surface area contributed by atoms with E-state index in [2.05, 4.69) is 40.0 Å². The highest BCUT2D eigenvalue weighted by Crippen LogP contribution is 2.20. The largest absolute Gasteiger partial charge is 0.381 e. The molecule has 2 aromatic rings. The SMILES string of the molecule is Clc1cc(Cl)cc(CNc2cccc(I)c2)c1. The van der Waals surface area contributed by atoms with Crippen molar-refractivity contribution in [3.8, 4) is 0 Å². The molecule has 0 aliphatic rings. The molecule has 0 unspecified atom stereocenters. The van der Waals surface area contributed by atoms with Crippen molar-refractivity contribution in [2.75, 3.05) is 5.32 Å². The van der Waals surface area contributed by atoms with Crippen LogP contribution in [0.25, 0.3) is 0 Å². The predicted octanol–water partition coefficient (Wildman–Crippen LogP) is 5.21. The van der Waals surface area contributed by atoms with Crippen LogP contribution in [-0.4, -0.2) is 0 Å². The lowest BCUT2D eigenvalue weighted by Gasteiger charge is -2.07. The van der Waals surface area contributed by atoms with Crippen LogP contribution in [-0.2, 0) is 6.54 Å². The van der Waals surface area contributed by atoms with Crippen molar-refractivity contribution in [1.29, 1.82) is 0 Å². The van der Waals surface area contributed by atoms with Gasteiger partial charge < -0.3 is 5.32 Å². The maximum absolute atomic E-state index is 5.94. The molecule has 0 saturated carbocycles. The molecule has 88 valence electrons. The quantitative estimate of drug-likeness (QED) is 0.724. The molecule has 0 radical (unpaired) electrons. The van der Waals surface area contributed by atoms with Gasteiger partial charge in [-0.1, -0.05) is 29.3 Å². The third-order valence-corrected chi connectivity index (χ3v) is 3.35. The van der Waals surface area contributed by atoms with Crippen LogP contribution in [0.5, 0.6) is 0 Å². The Morgan fingerprint density at radius 1 is 1.00 bits per heavy atom. The molecule has 0 saturated heterocycles. The van der Waals surface area contributed by atoms with Gasteiger partial charge in [-0.3, -0.25) is 0 Å². The normalized spacial score (nSPS) is 10.3. The van der Waals surface area contributed by atoms with Crippen molar-refractivity contribution >= 4 is 51.5 Å². The smallest absolute Gasteiger partial charge is 0.0424 e. The molecule has 0 heterocycles. The first-order chi connectivity index (χ1) is 8.13. The average Bonchev–Trinajstić information content (AvgIpc) is 2.25. The summed E-state index contributed by atoms with van der Waals surface area (Å²) in [6.45, 7) is 0.709. The Labute approximate surface area is 124 Å². The van der Waals surface area contributed by atoms with E-state index in [1.54, 1.807) is 6.07 Å². The summed E-state index contributed by atoms with van der Waals surface area (Å²) in [4.78, 5) is 0. The van der Waals surface area contributed by atoms with Crippen LogP contribution in [0.4, 0.5) is 5.69 Å². The summed E-state index contributed by atoms with van der Waals surface area (Å²) in [5, 5.41) is 4.66. The summed E-state index contributed by atoms with van der Waals surface area (Å²) in [5.41, 5.74) is 2.16. The molecule has 1 N–H and O–H groups in total. The molecule has 0 amide bonds. The maximum Gasteiger partial charge on any atom is 0.0424 e. The van der Waals surface area contributed by atoms with Crippen LogP contribution in [0, 0.1) is 3.57 Å². The topological polar surface area (TPSA) is 12.0 Å². The molecule has 0 bridgehead atoms. The second kappa shape index (κ2) is 5.94. The lowest BCUT2D eigenvalue weighted by Crippen LogP contribution is -1.99. The van der Waals surface area contributed by atoms with Gasteiger partial charge >= 0.3 is 0 Å². The average molecular weight is 378 g/mol. The first-order valence-corrected chi connectivity index (χ1v) is 6.91. The van der Waals surface area contributed by atoms with Crippen LogP contribution in [0.2, 0.25) is 10.0 Å². The Balaban J connectivity index is 2.07. The third kappa shape index (κ3) is 4.05. The first-order valence-electron chi connectivity index (χ1n) is 5.08. The van der Waals surface area contributed by atoms with E-state index in [-0.39, 0.29) is 0 Å². The van der Waals surface area contributed by atoms with E-state index in [1.807, 2.05) is 24.3 Å². The molecule has 1 nitrogen and oxygen atoms in total. The van der Waals surface area contributed by atoms with E-state index < -0.39 is 0 Å². The molecule has 0 aliphatic heterocycles. The zero-order chi connectivity index (χ0) is 12.3. The number of hydrogen-bond acceptors (Lipinski definition) is 1. The highest BCUT2D eigenvalue weighted by molar-refractivity contribution is 14.1. The maximum atomic E-state index is 5.94. The van der Waals surface area contributed by atoms with Crippen molar-refractivity contribution in [2.24, 2.45) is 0 Å². The number of anilines is 1. The number of halogens is 3. The van der Waals surface area contributed by atoms with Crippen molar-refractivity contribution < 1.29 is 0 Å². The fourth-order valence-electron chi connectivity index (χ4n) is 1.52. The van der Waals surface area contributed by atoms with Gasteiger partial charge in [0.2, 0.25) is 0 Å². The highest BCUT2D eigenvalue weighted by atomic mass is 127. The number of rotatable bonds is 3. The minimum Gasteiger partial charge on any atom is -0.381 e. The Bertz CT molecular complexity index is 508. The lowest BCUT2D eigenvalue weighted by molar-refractivity contribution is 1.15. The summed E-state index contributed by atoms with van der Waals surface area (Å²) in [5.74, 6) is 0. The minimum atomic E-state index is 0.664. The second-order valence-electron chi connectivity index (χ2n) is 3.64. The van der Waals surface area contributed by atoms with Crippen LogP contribution in [0.3, 0.4) is 0 Å². The van der Waals surface area contributed by atoms with Crippen LogP contribution in [0.15, 0.2) is 42.5 Å². The molecule has 17 heavy (non-hydrogen) atoms. The lowest BCUT2D eigenvalue weighted by atomic mass is 10.2. The van der Waals surface area contributed by atoms with Crippen LogP contribution in [0.1, 0.15) is 5.56 Å². The van der Waals surface area contributed by atoms with Gasteiger partial charge in [-0.2, -0.15) is 0 Å². The van der Waals surface area contributed by atoms with E-state index in [0.717, 1.165) is 11.3 Å². The van der Waals surface area contributed by atoms with Gasteiger partial charge in [0.15, 0.2) is 0 Å². The fourth-order valence-corrected chi connectivity index (χ4v) is 2.63. The van der Waals surface area contributed by atoms with Crippen molar-refractivity contribution in [1.82, 2.24) is 0 Å². The third-order valence-electron chi connectivity index (χ3n) is 2.24. The Morgan fingerprint density at radius 3 is 2.35 bits per heavy atom. The summed E-state index contributed by atoms with van der Waals surface area (Å²) < 4.78 is 1.21. The van der Waals surface area contributed by atoms with Crippen molar-refractivity contribution in [3.05, 3.63) is 61.6 Å². The molecule has 2 aromatic carbocycles. The van der Waals surface area contributed by atoms with E-state index in [4.69, 9.17) is 23.2 Å². The molecule has 0 aliphatic carbocycles. The van der Waals surface area contributed by atoms with E-state index in [1.165, 1.54) is 3.57 Å². The number of benzene rings is 2. The van der Waals surface area contributed by atoms with Crippen molar-refractivity contribution in [3.63, 3.8) is 0 Å². The van der Waals surface area contributed by atoms with Gasteiger partial charge in [0.1, 0.15) is 0 Å². The predicted molar refractivity (Wildman–Crippen MR) is 82.9 cm³/mol. The number of hydrogen-bond donors (Lipinski definition) is 1. The van der Waals surface area contributed by atoms with Gasteiger partial charge in [0, 0.05) is 25.8 Å². The molecular weight excluding hydrogens is 368 g/mol. The summed E-state index contributed by atoms with van der Waals surface area (Å²) in [6, 6.07) is 13.8. The Hall–Kier alpha value is -0.450. The monoisotopic (exact) mass is 377 g/mol. The van der Waals surface area contributed by atoms with E-state index in [9.17, 15) is 0 Å². The Morgan fingerprint density at radius 2 is 1.71 bits per heavy atom. The van der Waals surface area contributed by atoms with Crippen molar-refractivity contribution in [2.45, 2.75) is 6.54 Å². The van der Waals surface area contributed by atoms with Gasteiger partial charge in [-0.15, -0.1) is 0 Å². The zero-order valence-corrected chi connectivity index (χ0v) is 12.6. The second-order valence-corrected chi connectivity index (χ2v) is 5.76. The Kier molecular flexibility index (Phi) is 4.54. The van der Waals surface area contributed by atoms with Crippen LogP contribution < -0.4 is 5.32 Å². The molecule has 0 atom stereocenters.